The number of hydrogen-bond acceptors (Lipinski definition) is 3. The fourth-order valence-electron chi connectivity index (χ4n) is 1.45. The zero-order valence-electron chi connectivity index (χ0n) is 8.42. The molecule has 0 aliphatic rings. The molecule has 0 atom stereocenters. The van der Waals surface area contributed by atoms with Crippen molar-refractivity contribution in [3.63, 3.8) is 0 Å². The molecule has 0 bridgehead atoms. The van der Waals surface area contributed by atoms with Crippen molar-refractivity contribution in [1.82, 2.24) is 4.98 Å². The van der Waals surface area contributed by atoms with Gasteiger partial charge in [-0.05, 0) is 11.6 Å². The number of carbonyl (C=O) groups is 1. The highest BCUT2D eigenvalue weighted by molar-refractivity contribution is 5.92. The van der Waals surface area contributed by atoms with Crippen molar-refractivity contribution in [3.05, 3.63) is 48.3 Å². The van der Waals surface area contributed by atoms with Crippen molar-refractivity contribution in [3.8, 4) is 11.1 Å². The van der Waals surface area contributed by atoms with Gasteiger partial charge in [-0.2, -0.15) is 0 Å². The summed E-state index contributed by atoms with van der Waals surface area (Å²) in [5.41, 5.74) is 7.45. The fraction of sp³-hybridized carbons (Fsp3) is 0. The van der Waals surface area contributed by atoms with Crippen LogP contribution in [0.4, 0.5) is 5.69 Å². The zero-order valence-corrected chi connectivity index (χ0v) is 8.42. The Kier molecular flexibility index (Phi) is 2.55. The lowest BCUT2D eigenvalue weighted by molar-refractivity contribution is 0.0692. The third-order valence-electron chi connectivity index (χ3n) is 2.23. The number of aromatic nitrogens is 1. The number of pyridine rings is 1. The van der Waals surface area contributed by atoms with Crippen LogP contribution in [0, 0.1) is 0 Å². The van der Waals surface area contributed by atoms with Gasteiger partial charge in [0.15, 0.2) is 5.69 Å². The Morgan fingerprint density at radius 2 is 1.88 bits per heavy atom. The van der Waals surface area contributed by atoms with Crippen LogP contribution in [0.25, 0.3) is 11.1 Å². The fourth-order valence-corrected chi connectivity index (χ4v) is 1.45. The van der Waals surface area contributed by atoms with Crippen LogP contribution >= 0.6 is 0 Å². The van der Waals surface area contributed by atoms with E-state index in [-0.39, 0.29) is 11.4 Å². The third-order valence-corrected chi connectivity index (χ3v) is 2.23. The molecule has 0 saturated heterocycles. The lowest BCUT2D eigenvalue weighted by Crippen LogP contribution is -2.05. The van der Waals surface area contributed by atoms with Gasteiger partial charge in [-0.3, -0.25) is 0 Å². The average Bonchev–Trinajstić information content (AvgIpc) is 2.29. The van der Waals surface area contributed by atoms with E-state index in [0.29, 0.717) is 0 Å². The molecule has 80 valence electrons. The molecule has 0 aliphatic carbocycles. The second-order valence-electron chi connectivity index (χ2n) is 3.33. The quantitative estimate of drug-likeness (QED) is 0.801. The molecule has 0 amide bonds. The SMILES string of the molecule is Nc1cc(-c2ccccc2)cnc1C(=O)O. The highest BCUT2D eigenvalue weighted by atomic mass is 16.4. The lowest BCUT2D eigenvalue weighted by Gasteiger charge is -2.04. The normalized spacial score (nSPS) is 10.0. The highest BCUT2D eigenvalue weighted by Gasteiger charge is 2.10. The molecule has 2 rings (SSSR count). The van der Waals surface area contributed by atoms with E-state index in [0.717, 1.165) is 11.1 Å². The van der Waals surface area contributed by atoms with E-state index in [1.165, 1.54) is 6.20 Å². The lowest BCUT2D eigenvalue weighted by atomic mass is 10.1. The van der Waals surface area contributed by atoms with Crippen LogP contribution in [0.5, 0.6) is 0 Å². The van der Waals surface area contributed by atoms with Crippen molar-refractivity contribution in [2.45, 2.75) is 0 Å². The maximum atomic E-state index is 10.7. The molecule has 0 unspecified atom stereocenters. The summed E-state index contributed by atoms with van der Waals surface area (Å²) in [5, 5.41) is 8.78. The molecular formula is C12H10N2O2. The van der Waals surface area contributed by atoms with Crippen LogP contribution < -0.4 is 5.73 Å². The molecule has 2 aromatic rings. The topological polar surface area (TPSA) is 76.2 Å². The second kappa shape index (κ2) is 4.02. The molecule has 1 aromatic heterocycles. The van der Waals surface area contributed by atoms with Crippen molar-refractivity contribution < 1.29 is 9.90 Å². The molecule has 16 heavy (non-hydrogen) atoms. The van der Waals surface area contributed by atoms with E-state index in [9.17, 15) is 4.79 Å². The molecular weight excluding hydrogens is 204 g/mol. The summed E-state index contributed by atoms with van der Waals surface area (Å²) >= 11 is 0. The summed E-state index contributed by atoms with van der Waals surface area (Å²) in [6.07, 6.45) is 1.51. The minimum absolute atomic E-state index is 0.111. The average molecular weight is 214 g/mol. The van der Waals surface area contributed by atoms with Crippen LogP contribution in [-0.4, -0.2) is 16.1 Å². The van der Waals surface area contributed by atoms with Crippen LogP contribution in [0.3, 0.4) is 0 Å². The Morgan fingerprint density at radius 1 is 1.19 bits per heavy atom. The number of benzene rings is 1. The Labute approximate surface area is 92.4 Å². The van der Waals surface area contributed by atoms with Gasteiger partial charge in [0.1, 0.15) is 0 Å². The summed E-state index contributed by atoms with van der Waals surface area (Å²) in [6.45, 7) is 0. The van der Waals surface area contributed by atoms with Crippen LogP contribution in [0.1, 0.15) is 10.5 Å². The van der Waals surface area contributed by atoms with Gasteiger partial charge in [0.25, 0.3) is 0 Å². The molecule has 1 heterocycles. The number of carboxylic acid groups (broad SMARTS) is 1. The minimum atomic E-state index is -1.11. The maximum absolute atomic E-state index is 10.7. The van der Waals surface area contributed by atoms with E-state index in [1.54, 1.807) is 6.07 Å². The second-order valence-corrected chi connectivity index (χ2v) is 3.33. The third kappa shape index (κ3) is 1.86. The van der Waals surface area contributed by atoms with Crippen LogP contribution in [0.2, 0.25) is 0 Å². The Morgan fingerprint density at radius 3 is 2.44 bits per heavy atom. The number of nitrogen functional groups attached to an aromatic ring is 1. The van der Waals surface area contributed by atoms with Crippen molar-refractivity contribution in [1.29, 1.82) is 0 Å². The van der Waals surface area contributed by atoms with Gasteiger partial charge in [-0.1, -0.05) is 30.3 Å². The Balaban J connectivity index is 2.46. The molecule has 0 radical (unpaired) electrons. The molecule has 3 N–H and O–H groups in total. The van der Waals surface area contributed by atoms with Gasteiger partial charge in [0, 0.05) is 11.8 Å². The standard InChI is InChI=1S/C12H10N2O2/c13-10-6-9(7-14-11(10)12(15)16)8-4-2-1-3-5-8/h1-7H,13H2,(H,15,16). The zero-order chi connectivity index (χ0) is 11.5. The maximum Gasteiger partial charge on any atom is 0.356 e. The molecule has 1 aromatic carbocycles. The summed E-state index contributed by atoms with van der Waals surface area (Å²) in [5.74, 6) is -1.11. The van der Waals surface area contributed by atoms with Gasteiger partial charge in [-0.25, -0.2) is 9.78 Å². The van der Waals surface area contributed by atoms with E-state index in [1.807, 2.05) is 30.3 Å². The first-order valence-corrected chi connectivity index (χ1v) is 4.72. The van der Waals surface area contributed by atoms with Gasteiger partial charge in [-0.15, -0.1) is 0 Å². The number of hydrogen-bond donors (Lipinski definition) is 2. The number of rotatable bonds is 2. The first-order valence-electron chi connectivity index (χ1n) is 4.72. The number of carboxylic acids is 1. The first kappa shape index (κ1) is 10.2. The van der Waals surface area contributed by atoms with E-state index in [2.05, 4.69) is 4.98 Å². The summed E-state index contributed by atoms with van der Waals surface area (Å²) in [6, 6.07) is 11.2. The molecule has 0 aliphatic heterocycles. The van der Waals surface area contributed by atoms with Gasteiger partial charge < -0.3 is 10.8 Å². The van der Waals surface area contributed by atoms with Crippen LogP contribution in [0.15, 0.2) is 42.6 Å². The van der Waals surface area contributed by atoms with E-state index in [4.69, 9.17) is 10.8 Å². The summed E-state index contributed by atoms with van der Waals surface area (Å²) < 4.78 is 0. The first-order chi connectivity index (χ1) is 7.68. The smallest absolute Gasteiger partial charge is 0.356 e. The summed E-state index contributed by atoms with van der Waals surface area (Å²) in [4.78, 5) is 14.6. The molecule has 4 heteroatoms. The van der Waals surface area contributed by atoms with Gasteiger partial charge in [0.05, 0.1) is 5.69 Å². The summed E-state index contributed by atoms with van der Waals surface area (Å²) in [7, 11) is 0. The molecule has 0 spiro atoms. The van der Waals surface area contributed by atoms with E-state index < -0.39 is 5.97 Å². The van der Waals surface area contributed by atoms with Gasteiger partial charge in [0.2, 0.25) is 0 Å². The van der Waals surface area contributed by atoms with Crippen molar-refractivity contribution in [2.75, 3.05) is 5.73 Å². The monoisotopic (exact) mass is 214 g/mol. The van der Waals surface area contributed by atoms with Crippen molar-refractivity contribution >= 4 is 11.7 Å². The van der Waals surface area contributed by atoms with Crippen molar-refractivity contribution in [2.24, 2.45) is 0 Å². The van der Waals surface area contributed by atoms with Gasteiger partial charge >= 0.3 is 5.97 Å². The molecule has 4 nitrogen and oxygen atoms in total. The molecule has 0 saturated carbocycles. The number of nitrogens with two attached hydrogens (primary N) is 1. The predicted octanol–water partition coefficient (Wildman–Crippen LogP) is 2.03. The number of anilines is 1. The Hall–Kier alpha value is -2.36. The molecule has 0 fully saturated rings. The predicted molar refractivity (Wildman–Crippen MR) is 61.0 cm³/mol. The minimum Gasteiger partial charge on any atom is -0.476 e. The van der Waals surface area contributed by atoms with E-state index >= 15 is 0 Å². The number of aromatic carboxylic acids is 1. The van der Waals surface area contributed by atoms with Crippen LogP contribution in [-0.2, 0) is 0 Å². The number of nitrogens with zero attached hydrogens (tertiary/aromatic N) is 1. The Bertz CT molecular complexity index is 524. The largest absolute Gasteiger partial charge is 0.476 e. The highest BCUT2D eigenvalue weighted by Crippen LogP contribution is 2.21.